The maximum atomic E-state index is 12.5. The molecule has 1 aliphatic rings. The van der Waals surface area contributed by atoms with E-state index in [1.54, 1.807) is 4.90 Å². The minimum Gasteiger partial charge on any atom is -0.355 e. The number of hydrogen-bond acceptors (Lipinski definition) is 3. The summed E-state index contributed by atoms with van der Waals surface area (Å²) < 4.78 is 0. The molecule has 0 aromatic heterocycles. The Morgan fingerprint density at radius 2 is 1.66 bits per heavy atom. The van der Waals surface area contributed by atoms with Crippen molar-refractivity contribution in [3.63, 3.8) is 0 Å². The van der Waals surface area contributed by atoms with Crippen molar-refractivity contribution in [1.29, 1.82) is 0 Å². The number of rotatable bonds is 9. The van der Waals surface area contributed by atoms with Gasteiger partial charge in [-0.2, -0.15) is 0 Å². The summed E-state index contributed by atoms with van der Waals surface area (Å²) in [5, 5.41) is 3.01. The summed E-state index contributed by atoms with van der Waals surface area (Å²) >= 11 is 0. The fourth-order valence-corrected chi connectivity index (χ4v) is 3.68. The molecular weight excluding hydrogens is 362 g/mol. The predicted molar refractivity (Wildman–Crippen MR) is 117 cm³/mol. The standard InChI is InChI=1S/C24H31N3O2/c1-2-24(29)27(19-21-8-4-3-5-9-21)22-12-10-20(11-13-22)18-23(28)25-14-17-26-15-6-7-16-26/h3-5,8-13H,2,6-7,14-19H2,1H3,(H,25,28). The monoisotopic (exact) mass is 393 g/mol. The van der Waals surface area contributed by atoms with Crippen LogP contribution in [-0.4, -0.2) is 42.9 Å². The van der Waals surface area contributed by atoms with E-state index in [-0.39, 0.29) is 11.8 Å². The molecule has 0 spiro atoms. The number of nitrogens with zero attached hydrogens (tertiary/aromatic N) is 2. The Balaban J connectivity index is 1.55. The number of nitrogens with one attached hydrogen (secondary N) is 1. The van der Waals surface area contributed by atoms with Crippen LogP contribution in [0.15, 0.2) is 54.6 Å². The summed E-state index contributed by atoms with van der Waals surface area (Å²) in [5.41, 5.74) is 2.91. The molecule has 0 bridgehead atoms. The molecule has 2 amide bonds. The van der Waals surface area contributed by atoms with Crippen LogP contribution >= 0.6 is 0 Å². The summed E-state index contributed by atoms with van der Waals surface area (Å²) in [6.45, 7) is 6.34. The molecule has 1 fully saturated rings. The van der Waals surface area contributed by atoms with Gasteiger partial charge in [-0.15, -0.1) is 0 Å². The van der Waals surface area contributed by atoms with Crippen molar-refractivity contribution in [2.24, 2.45) is 0 Å². The zero-order chi connectivity index (χ0) is 20.5. The molecule has 0 saturated carbocycles. The normalized spacial score (nSPS) is 14.0. The van der Waals surface area contributed by atoms with E-state index in [9.17, 15) is 9.59 Å². The molecule has 3 rings (SSSR count). The Morgan fingerprint density at radius 3 is 2.31 bits per heavy atom. The summed E-state index contributed by atoms with van der Waals surface area (Å²) in [6, 6.07) is 17.7. The van der Waals surface area contributed by atoms with Gasteiger partial charge in [0.25, 0.3) is 0 Å². The van der Waals surface area contributed by atoms with E-state index in [1.165, 1.54) is 12.8 Å². The largest absolute Gasteiger partial charge is 0.355 e. The molecular formula is C24H31N3O2. The third-order valence-corrected chi connectivity index (χ3v) is 5.35. The number of benzene rings is 2. The Labute approximate surface area is 173 Å². The molecule has 0 aliphatic carbocycles. The van der Waals surface area contributed by atoms with Gasteiger partial charge in [-0.25, -0.2) is 0 Å². The van der Waals surface area contributed by atoms with Crippen LogP contribution in [0.3, 0.4) is 0 Å². The Hall–Kier alpha value is -2.66. The second-order valence-corrected chi connectivity index (χ2v) is 7.56. The fourth-order valence-electron chi connectivity index (χ4n) is 3.68. The first kappa shape index (κ1) is 21.1. The van der Waals surface area contributed by atoms with Gasteiger partial charge in [0.05, 0.1) is 13.0 Å². The molecule has 5 heteroatoms. The van der Waals surface area contributed by atoms with E-state index < -0.39 is 0 Å². The highest BCUT2D eigenvalue weighted by atomic mass is 16.2. The van der Waals surface area contributed by atoms with Crippen LogP contribution in [0, 0.1) is 0 Å². The van der Waals surface area contributed by atoms with Crippen molar-refractivity contribution in [2.75, 3.05) is 31.1 Å². The van der Waals surface area contributed by atoms with E-state index in [2.05, 4.69) is 10.2 Å². The van der Waals surface area contributed by atoms with Gasteiger partial charge in [0, 0.05) is 25.2 Å². The lowest BCUT2D eigenvalue weighted by Gasteiger charge is -2.23. The molecule has 1 heterocycles. The SMILES string of the molecule is CCC(=O)N(Cc1ccccc1)c1ccc(CC(=O)NCCN2CCCC2)cc1. The molecule has 29 heavy (non-hydrogen) atoms. The second-order valence-electron chi connectivity index (χ2n) is 7.56. The van der Waals surface area contributed by atoms with Gasteiger partial charge in [-0.3, -0.25) is 9.59 Å². The van der Waals surface area contributed by atoms with Crippen molar-refractivity contribution in [3.05, 3.63) is 65.7 Å². The van der Waals surface area contributed by atoms with Gasteiger partial charge in [0.1, 0.15) is 0 Å². The highest BCUT2D eigenvalue weighted by Gasteiger charge is 2.15. The molecule has 1 saturated heterocycles. The average molecular weight is 394 g/mol. The quantitative estimate of drug-likeness (QED) is 0.711. The minimum atomic E-state index is 0.0442. The molecule has 154 valence electrons. The summed E-state index contributed by atoms with van der Waals surface area (Å²) in [5.74, 6) is 0.129. The number of amides is 2. The summed E-state index contributed by atoms with van der Waals surface area (Å²) in [4.78, 5) is 28.9. The average Bonchev–Trinajstić information content (AvgIpc) is 3.26. The van der Waals surface area contributed by atoms with Crippen molar-refractivity contribution in [2.45, 2.75) is 39.2 Å². The maximum absolute atomic E-state index is 12.5. The van der Waals surface area contributed by atoms with Gasteiger partial charge in [-0.1, -0.05) is 49.4 Å². The van der Waals surface area contributed by atoms with Crippen molar-refractivity contribution in [3.8, 4) is 0 Å². The lowest BCUT2D eigenvalue weighted by molar-refractivity contribution is -0.120. The highest BCUT2D eigenvalue weighted by molar-refractivity contribution is 5.93. The molecule has 0 radical (unpaired) electrons. The summed E-state index contributed by atoms with van der Waals surface area (Å²) in [7, 11) is 0. The van der Waals surface area contributed by atoms with Crippen LogP contribution in [0.5, 0.6) is 0 Å². The van der Waals surface area contributed by atoms with Crippen molar-refractivity contribution < 1.29 is 9.59 Å². The van der Waals surface area contributed by atoms with E-state index in [1.807, 2.05) is 61.5 Å². The van der Waals surface area contributed by atoms with Crippen LogP contribution in [0.2, 0.25) is 0 Å². The number of anilines is 1. The van der Waals surface area contributed by atoms with Crippen LogP contribution in [0.4, 0.5) is 5.69 Å². The van der Waals surface area contributed by atoms with Crippen LogP contribution in [0.25, 0.3) is 0 Å². The zero-order valence-corrected chi connectivity index (χ0v) is 17.3. The molecule has 0 unspecified atom stereocenters. The lowest BCUT2D eigenvalue weighted by Crippen LogP contribution is -2.34. The van der Waals surface area contributed by atoms with Gasteiger partial charge in [0.15, 0.2) is 0 Å². The zero-order valence-electron chi connectivity index (χ0n) is 17.3. The third-order valence-electron chi connectivity index (χ3n) is 5.35. The van der Waals surface area contributed by atoms with E-state index >= 15 is 0 Å². The Bertz CT molecular complexity index is 784. The van der Waals surface area contributed by atoms with Crippen LogP contribution in [-0.2, 0) is 22.6 Å². The smallest absolute Gasteiger partial charge is 0.227 e. The number of likely N-dealkylation sites (tertiary alicyclic amines) is 1. The number of carbonyl (C=O) groups is 2. The minimum absolute atomic E-state index is 0.0442. The van der Waals surface area contributed by atoms with Gasteiger partial charge >= 0.3 is 0 Å². The van der Waals surface area contributed by atoms with Crippen LogP contribution < -0.4 is 10.2 Å². The highest BCUT2D eigenvalue weighted by Crippen LogP contribution is 2.20. The van der Waals surface area contributed by atoms with Crippen molar-refractivity contribution in [1.82, 2.24) is 10.2 Å². The van der Waals surface area contributed by atoms with E-state index in [0.29, 0.717) is 25.9 Å². The molecule has 1 N–H and O–H groups in total. The van der Waals surface area contributed by atoms with E-state index in [4.69, 9.17) is 0 Å². The molecule has 1 aliphatic heterocycles. The first-order valence-corrected chi connectivity index (χ1v) is 10.6. The fraction of sp³-hybridized carbons (Fsp3) is 0.417. The Morgan fingerprint density at radius 1 is 0.966 bits per heavy atom. The first-order chi connectivity index (χ1) is 14.2. The van der Waals surface area contributed by atoms with E-state index in [0.717, 1.165) is 36.4 Å². The molecule has 2 aromatic carbocycles. The van der Waals surface area contributed by atoms with Gasteiger partial charge in [0.2, 0.25) is 11.8 Å². The second kappa shape index (κ2) is 10.8. The van der Waals surface area contributed by atoms with Crippen molar-refractivity contribution >= 4 is 17.5 Å². The summed E-state index contributed by atoms with van der Waals surface area (Å²) in [6.07, 6.45) is 3.35. The predicted octanol–water partition coefficient (Wildman–Crippen LogP) is 3.38. The molecule has 2 aromatic rings. The Kier molecular flexibility index (Phi) is 7.82. The van der Waals surface area contributed by atoms with Crippen LogP contribution in [0.1, 0.15) is 37.3 Å². The number of hydrogen-bond donors (Lipinski definition) is 1. The maximum Gasteiger partial charge on any atom is 0.227 e. The topological polar surface area (TPSA) is 52.7 Å². The number of carbonyl (C=O) groups excluding carboxylic acids is 2. The first-order valence-electron chi connectivity index (χ1n) is 10.6. The molecule has 5 nitrogen and oxygen atoms in total. The third kappa shape index (κ3) is 6.43. The van der Waals surface area contributed by atoms with Gasteiger partial charge < -0.3 is 15.1 Å². The lowest BCUT2D eigenvalue weighted by atomic mass is 10.1. The molecule has 0 atom stereocenters. The van der Waals surface area contributed by atoms with Gasteiger partial charge in [-0.05, 0) is 49.2 Å².